The second-order valence-electron chi connectivity index (χ2n) is 5.94. The molecule has 0 saturated carbocycles. The largest absolute Gasteiger partial charge is 0.491 e. The van der Waals surface area contributed by atoms with E-state index in [1.54, 1.807) is 5.57 Å². The molecular weight excluding hydrogens is 262 g/mol. The van der Waals surface area contributed by atoms with E-state index < -0.39 is 6.10 Å². The summed E-state index contributed by atoms with van der Waals surface area (Å²) in [6.07, 6.45) is 6.78. The lowest BCUT2D eigenvalue weighted by Gasteiger charge is -2.15. The maximum atomic E-state index is 9.96. The molecule has 1 aliphatic rings. The summed E-state index contributed by atoms with van der Waals surface area (Å²) < 4.78 is 5.71. The van der Waals surface area contributed by atoms with E-state index in [-0.39, 0.29) is 0 Å². The van der Waals surface area contributed by atoms with Crippen molar-refractivity contribution in [1.29, 1.82) is 0 Å². The van der Waals surface area contributed by atoms with E-state index in [1.807, 2.05) is 26.0 Å². The van der Waals surface area contributed by atoms with Crippen LogP contribution in [0.4, 0.5) is 0 Å². The minimum atomic E-state index is -0.470. The molecule has 0 fully saturated rings. The van der Waals surface area contributed by atoms with Crippen LogP contribution in [0.15, 0.2) is 29.8 Å². The molecule has 116 valence electrons. The molecular formula is C18H27NO2. The van der Waals surface area contributed by atoms with Crippen LogP contribution in [0.25, 0.3) is 0 Å². The summed E-state index contributed by atoms with van der Waals surface area (Å²) in [5, 5.41) is 13.3. The molecule has 1 aromatic rings. The summed E-state index contributed by atoms with van der Waals surface area (Å²) in [7, 11) is 0. The molecule has 0 aliphatic heterocycles. The van der Waals surface area contributed by atoms with Crippen LogP contribution in [-0.2, 0) is 0 Å². The fourth-order valence-electron chi connectivity index (χ4n) is 2.59. The average Bonchev–Trinajstić information content (AvgIpc) is 2.98. The number of aryl methyl sites for hydroxylation is 2. The highest BCUT2D eigenvalue weighted by Crippen LogP contribution is 2.20. The quantitative estimate of drug-likeness (QED) is 0.570. The number of hydrogen-bond acceptors (Lipinski definition) is 3. The Kier molecular flexibility index (Phi) is 6.27. The Morgan fingerprint density at radius 3 is 2.95 bits per heavy atom. The highest BCUT2D eigenvalue weighted by molar-refractivity contribution is 5.35. The SMILES string of the molecule is Cc1ccc(C)c(OCC(O)CNCCC2=CCCC2)c1. The van der Waals surface area contributed by atoms with Crippen LogP contribution in [0, 0.1) is 13.8 Å². The summed E-state index contributed by atoms with van der Waals surface area (Å²) in [6, 6.07) is 6.13. The number of benzene rings is 1. The summed E-state index contributed by atoms with van der Waals surface area (Å²) in [5.74, 6) is 0.866. The maximum absolute atomic E-state index is 9.96. The van der Waals surface area contributed by atoms with Crippen molar-refractivity contribution < 1.29 is 9.84 Å². The van der Waals surface area contributed by atoms with Crippen LogP contribution >= 0.6 is 0 Å². The Hall–Kier alpha value is -1.32. The molecule has 3 heteroatoms. The molecule has 1 aromatic carbocycles. The average molecular weight is 289 g/mol. The van der Waals surface area contributed by atoms with Crippen molar-refractivity contribution in [2.75, 3.05) is 19.7 Å². The van der Waals surface area contributed by atoms with Crippen LogP contribution in [0.3, 0.4) is 0 Å². The number of ether oxygens (including phenoxy) is 1. The van der Waals surface area contributed by atoms with E-state index in [4.69, 9.17) is 4.74 Å². The molecule has 1 atom stereocenters. The van der Waals surface area contributed by atoms with Crippen molar-refractivity contribution in [2.45, 2.75) is 45.6 Å². The number of nitrogens with one attached hydrogen (secondary N) is 1. The van der Waals surface area contributed by atoms with Crippen molar-refractivity contribution in [1.82, 2.24) is 5.32 Å². The van der Waals surface area contributed by atoms with Crippen molar-refractivity contribution in [3.8, 4) is 5.75 Å². The fourth-order valence-corrected chi connectivity index (χ4v) is 2.59. The van der Waals surface area contributed by atoms with Gasteiger partial charge in [0.15, 0.2) is 0 Å². The van der Waals surface area contributed by atoms with Crippen molar-refractivity contribution in [2.24, 2.45) is 0 Å². The van der Waals surface area contributed by atoms with Gasteiger partial charge in [-0.05, 0) is 63.3 Å². The third-order valence-corrected chi connectivity index (χ3v) is 3.91. The van der Waals surface area contributed by atoms with Gasteiger partial charge in [-0.15, -0.1) is 0 Å². The number of aliphatic hydroxyl groups excluding tert-OH is 1. The van der Waals surface area contributed by atoms with E-state index in [9.17, 15) is 5.11 Å². The van der Waals surface area contributed by atoms with Crippen LogP contribution in [-0.4, -0.2) is 30.9 Å². The first-order valence-corrected chi connectivity index (χ1v) is 7.92. The molecule has 0 amide bonds. The second kappa shape index (κ2) is 8.20. The van der Waals surface area contributed by atoms with Gasteiger partial charge in [0.05, 0.1) is 0 Å². The fraction of sp³-hybridized carbons (Fsp3) is 0.556. The van der Waals surface area contributed by atoms with Crippen LogP contribution < -0.4 is 10.1 Å². The topological polar surface area (TPSA) is 41.5 Å². The minimum absolute atomic E-state index is 0.333. The predicted octanol–water partition coefficient (Wildman–Crippen LogP) is 3.13. The van der Waals surface area contributed by atoms with E-state index >= 15 is 0 Å². The normalized spacial score (nSPS) is 15.9. The van der Waals surface area contributed by atoms with Gasteiger partial charge in [-0.1, -0.05) is 23.8 Å². The third kappa shape index (κ3) is 5.52. The third-order valence-electron chi connectivity index (χ3n) is 3.91. The monoisotopic (exact) mass is 289 g/mol. The standard InChI is InChI=1S/C18H27NO2/c1-14-7-8-15(2)18(11-14)21-13-17(20)12-19-10-9-16-5-3-4-6-16/h5,7-8,11,17,19-20H,3-4,6,9-10,12-13H2,1-2H3. The van der Waals surface area contributed by atoms with E-state index in [1.165, 1.54) is 24.8 Å². The molecule has 0 heterocycles. The number of rotatable bonds is 8. The zero-order valence-electron chi connectivity index (χ0n) is 13.2. The summed E-state index contributed by atoms with van der Waals surface area (Å²) in [4.78, 5) is 0. The van der Waals surface area contributed by atoms with Gasteiger partial charge in [-0.3, -0.25) is 0 Å². The summed E-state index contributed by atoms with van der Waals surface area (Å²) >= 11 is 0. The Morgan fingerprint density at radius 1 is 1.33 bits per heavy atom. The lowest BCUT2D eigenvalue weighted by atomic mass is 10.1. The van der Waals surface area contributed by atoms with Gasteiger partial charge < -0.3 is 15.2 Å². The molecule has 2 N–H and O–H groups in total. The van der Waals surface area contributed by atoms with Crippen molar-refractivity contribution in [3.63, 3.8) is 0 Å². The minimum Gasteiger partial charge on any atom is -0.491 e. The molecule has 0 spiro atoms. The zero-order chi connectivity index (χ0) is 15.1. The van der Waals surface area contributed by atoms with Crippen LogP contribution in [0.1, 0.15) is 36.8 Å². The lowest BCUT2D eigenvalue weighted by Crippen LogP contribution is -2.32. The van der Waals surface area contributed by atoms with Gasteiger partial charge >= 0.3 is 0 Å². The number of hydrogen-bond donors (Lipinski definition) is 2. The van der Waals surface area contributed by atoms with Gasteiger partial charge in [0, 0.05) is 6.54 Å². The van der Waals surface area contributed by atoms with E-state index in [0.717, 1.165) is 24.3 Å². The number of aliphatic hydroxyl groups is 1. The van der Waals surface area contributed by atoms with Gasteiger partial charge in [0.1, 0.15) is 18.5 Å². The van der Waals surface area contributed by atoms with Crippen LogP contribution in [0.5, 0.6) is 5.75 Å². The van der Waals surface area contributed by atoms with Crippen molar-refractivity contribution >= 4 is 0 Å². The zero-order valence-corrected chi connectivity index (χ0v) is 13.2. The summed E-state index contributed by atoms with van der Waals surface area (Å²) in [5.41, 5.74) is 3.84. The second-order valence-corrected chi connectivity index (χ2v) is 5.94. The molecule has 1 unspecified atom stereocenters. The molecule has 3 nitrogen and oxygen atoms in total. The summed E-state index contributed by atoms with van der Waals surface area (Å²) in [6.45, 7) is 5.92. The van der Waals surface area contributed by atoms with Crippen molar-refractivity contribution in [3.05, 3.63) is 41.0 Å². The Morgan fingerprint density at radius 2 is 2.19 bits per heavy atom. The van der Waals surface area contributed by atoms with Crippen LogP contribution in [0.2, 0.25) is 0 Å². The first kappa shape index (κ1) is 16.1. The molecule has 1 aliphatic carbocycles. The van der Waals surface area contributed by atoms with Gasteiger partial charge in [-0.2, -0.15) is 0 Å². The van der Waals surface area contributed by atoms with E-state index in [2.05, 4.69) is 17.5 Å². The molecule has 2 rings (SSSR count). The van der Waals surface area contributed by atoms with Gasteiger partial charge in [0.25, 0.3) is 0 Å². The van der Waals surface area contributed by atoms with E-state index in [0.29, 0.717) is 13.2 Å². The Bertz CT molecular complexity index is 482. The van der Waals surface area contributed by atoms with Gasteiger partial charge in [-0.25, -0.2) is 0 Å². The first-order chi connectivity index (χ1) is 10.1. The highest BCUT2D eigenvalue weighted by atomic mass is 16.5. The molecule has 0 aromatic heterocycles. The number of allylic oxidation sites excluding steroid dienone is 1. The van der Waals surface area contributed by atoms with Gasteiger partial charge in [0.2, 0.25) is 0 Å². The highest BCUT2D eigenvalue weighted by Gasteiger charge is 2.08. The molecule has 0 saturated heterocycles. The lowest BCUT2D eigenvalue weighted by molar-refractivity contribution is 0.106. The maximum Gasteiger partial charge on any atom is 0.122 e. The molecule has 0 radical (unpaired) electrons. The smallest absolute Gasteiger partial charge is 0.122 e. The predicted molar refractivity (Wildman–Crippen MR) is 86.8 cm³/mol. The molecule has 21 heavy (non-hydrogen) atoms. The Balaban J connectivity index is 1.62. The first-order valence-electron chi connectivity index (χ1n) is 7.92. The molecule has 0 bridgehead atoms. The Labute approximate surface area is 128 Å².